The molecular formula is C13H9BrN2O. The summed E-state index contributed by atoms with van der Waals surface area (Å²) < 4.78 is 6.12. The maximum Gasteiger partial charge on any atom is 0.292 e. The first-order valence-corrected chi connectivity index (χ1v) is 5.93. The summed E-state index contributed by atoms with van der Waals surface area (Å²) in [5, 5.41) is 2.27. The Bertz CT molecular complexity index is 691. The van der Waals surface area contributed by atoms with Gasteiger partial charge in [0.05, 0.1) is 0 Å². The van der Waals surface area contributed by atoms with Crippen LogP contribution in [0, 0.1) is 0 Å². The van der Waals surface area contributed by atoms with Crippen LogP contribution in [0.4, 0.5) is 6.01 Å². The van der Waals surface area contributed by atoms with Gasteiger partial charge in [0.25, 0.3) is 6.01 Å². The zero-order valence-electron chi connectivity index (χ0n) is 8.85. The van der Waals surface area contributed by atoms with Crippen molar-refractivity contribution in [3.8, 4) is 11.3 Å². The third-order valence-corrected chi connectivity index (χ3v) is 3.36. The van der Waals surface area contributed by atoms with E-state index in [4.69, 9.17) is 10.2 Å². The molecule has 84 valence electrons. The maximum atomic E-state index is 5.50. The van der Waals surface area contributed by atoms with Crippen molar-refractivity contribution in [1.82, 2.24) is 4.98 Å². The molecule has 0 aliphatic rings. The van der Waals surface area contributed by atoms with Crippen LogP contribution in [-0.4, -0.2) is 4.98 Å². The summed E-state index contributed by atoms with van der Waals surface area (Å²) >= 11 is 3.54. The molecule has 1 heterocycles. The van der Waals surface area contributed by atoms with Crippen molar-refractivity contribution in [2.75, 3.05) is 5.73 Å². The molecule has 0 amide bonds. The van der Waals surface area contributed by atoms with E-state index in [2.05, 4.69) is 33.0 Å². The number of hydrogen-bond donors (Lipinski definition) is 1. The van der Waals surface area contributed by atoms with Gasteiger partial charge in [0, 0.05) is 10.0 Å². The van der Waals surface area contributed by atoms with Gasteiger partial charge >= 0.3 is 0 Å². The number of fused-ring (bicyclic) bond motifs is 1. The zero-order valence-corrected chi connectivity index (χ0v) is 10.4. The van der Waals surface area contributed by atoms with E-state index in [1.807, 2.05) is 24.3 Å². The molecule has 0 aliphatic heterocycles. The average Bonchev–Trinajstić information content (AvgIpc) is 2.76. The van der Waals surface area contributed by atoms with Crippen LogP contribution in [0.2, 0.25) is 0 Å². The number of nitrogens with zero attached hydrogens (tertiary/aromatic N) is 1. The van der Waals surface area contributed by atoms with Crippen LogP contribution in [0.1, 0.15) is 0 Å². The molecule has 0 saturated carbocycles. The first-order valence-electron chi connectivity index (χ1n) is 5.14. The van der Waals surface area contributed by atoms with Gasteiger partial charge in [-0.3, -0.25) is 0 Å². The molecule has 0 fully saturated rings. The molecule has 0 bridgehead atoms. The van der Waals surface area contributed by atoms with Crippen molar-refractivity contribution in [1.29, 1.82) is 0 Å². The number of aromatic nitrogens is 1. The van der Waals surface area contributed by atoms with Crippen LogP contribution in [0.15, 0.2) is 51.6 Å². The Hall–Kier alpha value is -1.81. The van der Waals surface area contributed by atoms with Gasteiger partial charge in [-0.25, -0.2) is 0 Å². The fourth-order valence-electron chi connectivity index (χ4n) is 1.91. The topological polar surface area (TPSA) is 52.0 Å². The summed E-state index contributed by atoms with van der Waals surface area (Å²) in [4.78, 5) is 4.16. The highest BCUT2D eigenvalue weighted by Crippen LogP contribution is 2.32. The van der Waals surface area contributed by atoms with Gasteiger partial charge < -0.3 is 10.2 Å². The summed E-state index contributed by atoms with van der Waals surface area (Å²) in [6.07, 6.45) is 1.57. The lowest BCUT2D eigenvalue weighted by molar-refractivity contribution is 0.581. The van der Waals surface area contributed by atoms with Crippen LogP contribution >= 0.6 is 15.9 Å². The molecule has 0 aliphatic carbocycles. The Balaban J connectivity index is 2.34. The standard InChI is InChI=1S/C13H9BrN2O/c14-11-6-2-3-8-9(11)4-1-5-10(8)12-7-17-13(15)16-12/h1-7H,(H2,15,16). The molecule has 0 atom stereocenters. The SMILES string of the molecule is Nc1nc(-c2cccc3c(Br)cccc23)co1. The zero-order chi connectivity index (χ0) is 11.8. The second-order valence-corrected chi connectivity index (χ2v) is 4.57. The average molecular weight is 289 g/mol. The lowest BCUT2D eigenvalue weighted by Crippen LogP contribution is -1.85. The van der Waals surface area contributed by atoms with E-state index in [9.17, 15) is 0 Å². The highest BCUT2D eigenvalue weighted by atomic mass is 79.9. The summed E-state index contributed by atoms with van der Waals surface area (Å²) in [6.45, 7) is 0. The highest BCUT2D eigenvalue weighted by Gasteiger charge is 2.08. The summed E-state index contributed by atoms with van der Waals surface area (Å²) in [6, 6.07) is 12.3. The maximum absolute atomic E-state index is 5.50. The Labute approximate surface area is 106 Å². The minimum atomic E-state index is 0.187. The van der Waals surface area contributed by atoms with Crippen molar-refractivity contribution >= 4 is 32.7 Å². The first-order chi connectivity index (χ1) is 8.25. The van der Waals surface area contributed by atoms with E-state index >= 15 is 0 Å². The molecule has 0 spiro atoms. The lowest BCUT2D eigenvalue weighted by Gasteiger charge is -2.04. The minimum Gasteiger partial charge on any atom is -0.432 e. The monoisotopic (exact) mass is 288 g/mol. The van der Waals surface area contributed by atoms with E-state index in [0.29, 0.717) is 0 Å². The largest absolute Gasteiger partial charge is 0.432 e. The summed E-state index contributed by atoms with van der Waals surface area (Å²) in [5.74, 6) is 0. The second kappa shape index (κ2) is 3.89. The van der Waals surface area contributed by atoms with E-state index in [-0.39, 0.29) is 6.01 Å². The van der Waals surface area contributed by atoms with Crippen LogP contribution in [0.3, 0.4) is 0 Å². The van der Waals surface area contributed by atoms with Gasteiger partial charge in [-0.15, -0.1) is 0 Å². The molecule has 4 heteroatoms. The Morgan fingerprint density at radius 3 is 2.59 bits per heavy atom. The minimum absolute atomic E-state index is 0.187. The Morgan fingerprint density at radius 1 is 1.06 bits per heavy atom. The van der Waals surface area contributed by atoms with E-state index in [1.54, 1.807) is 6.26 Å². The number of rotatable bonds is 1. The molecule has 3 nitrogen and oxygen atoms in total. The van der Waals surface area contributed by atoms with Gasteiger partial charge in [-0.05, 0) is 16.8 Å². The van der Waals surface area contributed by atoms with Crippen LogP contribution in [-0.2, 0) is 0 Å². The van der Waals surface area contributed by atoms with Crippen LogP contribution < -0.4 is 5.73 Å². The summed E-state index contributed by atoms with van der Waals surface area (Å²) in [7, 11) is 0. The lowest BCUT2D eigenvalue weighted by atomic mass is 10.0. The van der Waals surface area contributed by atoms with Gasteiger partial charge in [0.2, 0.25) is 0 Å². The predicted molar refractivity (Wildman–Crippen MR) is 71.6 cm³/mol. The van der Waals surface area contributed by atoms with Gasteiger partial charge in [0.1, 0.15) is 12.0 Å². The van der Waals surface area contributed by atoms with Crippen molar-refractivity contribution in [2.24, 2.45) is 0 Å². The molecular weight excluding hydrogens is 280 g/mol. The third-order valence-electron chi connectivity index (χ3n) is 2.67. The summed E-state index contributed by atoms with van der Waals surface area (Å²) in [5.41, 5.74) is 7.28. The second-order valence-electron chi connectivity index (χ2n) is 3.71. The van der Waals surface area contributed by atoms with Crippen molar-refractivity contribution < 1.29 is 4.42 Å². The molecule has 2 aromatic carbocycles. The predicted octanol–water partition coefficient (Wildman–Crippen LogP) is 3.84. The normalized spacial score (nSPS) is 10.9. The van der Waals surface area contributed by atoms with Gasteiger partial charge in [-0.1, -0.05) is 46.3 Å². The highest BCUT2D eigenvalue weighted by molar-refractivity contribution is 9.10. The quantitative estimate of drug-likeness (QED) is 0.740. The number of nitrogens with two attached hydrogens (primary N) is 1. The van der Waals surface area contributed by atoms with E-state index in [0.717, 1.165) is 26.5 Å². The van der Waals surface area contributed by atoms with E-state index in [1.165, 1.54) is 0 Å². The van der Waals surface area contributed by atoms with Crippen molar-refractivity contribution in [3.63, 3.8) is 0 Å². The Morgan fingerprint density at radius 2 is 1.82 bits per heavy atom. The molecule has 0 radical (unpaired) electrons. The van der Waals surface area contributed by atoms with Gasteiger partial charge in [-0.2, -0.15) is 4.98 Å². The Kier molecular flexibility index (Phi) is 2.37. The molecule has 3 rings (SSSR count). The molecule has 0 saturated heterocycles. The van der Waals surface area contributed by atoms with Crippen LogP contribution in [0.5, 0.6) is 0 Å². The van der Waals surface area contributed by atoms with E-state index < -0.39 is 0 Å². The fraction of sp³-hybridized carbons (Fsp3) is 0. The number of anilines is 1. The number of oxazole rings is 1. The molecule has 3 aromatic rings. The first kappa shape index (κ1) is 10.4. The van der Waals surface area contributed by atoms with Crippen molar-refractivity contribution in [3.05, 3.63) is 47.1 Å². The molecule has 0 unspecified atom stereocenters. The number of benzene rings is 2. The van der Waals surface area contributed by atoms with Crippen molar-refractivity contribution in [2.45, 2.75) is 0 Å². The molecule has 17 heavy (non-hydrogen) atoms. The third kappa shape index (κ3) is 1.70. The van der Waals surface area contributed by atoms with Crippen LogP contribution in [0.25, 0.3) is 22.0 Å². The number of nitrogen functional groups attached to an aromatic ring is 1. The van der Waals surface area contributed by atoms with Gasteiger partial charge in [0.15, 0.2) is 0 Å². The molecule has 2 N–H and O–H groups in total. The number of hydrogen-bond acceptors (Lipinski definition) is 3. The molecule has 1 aromatic heterocycles. The number of halogens is 1. The smallest absolute Gasteiger partial charge is 0.292 e. The fourth-order valence-corrected chi connectivity index (χ4v) is 2.40.